The van der Waals surface area contributed by atoms with E-state index in [1.54, 1.807) is 13.8 Å². The molecule has 2 unspecified atom stereocenters. The van der Waals surface area contributed by atoms with Gasteiger partial charge >= 0.3 is 6.09 Å². The molecule has 0 bridgehead atoms. The molecule has 0 fully saturated rings. The van der Waals surface area contributed by atoms with Gasteiger partial charge in [0.15, 0.2) is 5.76 Å². The minimum absolute atomic E-state index is 0.0319. The van der Waals surface area contributed by atoms with Crippen molar-refractivity contribution in [2.24, 2.45) is 5.92 Å². The highest BCUT2D eigenvalue weighted by Crippen LogP contribution is 2.33. The fourth-order valence-electron chi connectivity index (χ4n) is 4.82. The minimum atomic E-state index is -4.03. The van der Waals surface area contributed by atoms with E-state index < -0.39 is 22.3 Å². The van der Waals surface area contributed by atoms with E-state index in [1.807, 2.05) is 85.8 Å². The molecule has 2 N–H and O–H groups in total. The second-order valence-electron chi connectivity index (χ2n) is 10.6. The number of rotatable bonds is 13. The van der Waals surface area contributed by atoms with E-state index in [4.69, 9.17) is 13.8 Å². The first kappa shape index (κ1) is 31.7. The number of amides is 1. The van der Waals surface area contributed by atoms with Gasteiger partial charge in [-0.1, -0.05) is 97.4 Å². The summed E-state index contributed by atoms with van der Waals surface area (Å²) in [6, 6.07) is 24.8. The molecule has 226 valence electrons. The summed E-state index contributed by atoms with van der Waals surface area (Å²) >= 11 is 0. The van der Waals surface area contributed by atoms with Gasteiger partial charge in [0, 0.05) is 18.4 Å². The van der Waals surface area contributed by atoms with Gasteiger partial charge in [-0.25, -0.2) is 4.79 Å². The normalized spacial score (nSPS) is 12.8. The largest absolute Gasteiger partial charge is 0.441 e. The number of hydrogen-bond acceptors (Lipinski definition) is 7. The van der Waals surface area contributed by atoms with Gasteiger partial charge in [0.2, 0.25) is 0 Å². The third kappa shape index (κ3) is 9.10. The van der Waals surface area contributed by atoms with Crippen LogP contribution in [0, 0.1) is 12.8 Å². The molecule has 43 heavy (non-hydrogen) atoms. The van der Waals surface area contributed by atoms with Crippen molar-refractivity contribution in [1.82, 2.24) is 5.16 Å². The maximum atomic E-state index is 12.6. The Balaban J connectivity index is 1.37. The van der Waals surface area contributed by atoms with E-state index in [0.717, 1.165) is 27.8 Å². The lowest BCUT2D eigenvalue weighted by atomic mass is 9.93. The first-order valence-corrected chi connectivity index (χ1v) is 15.8. The molecule has 2 atom stereocenters. The van der Waals surface area contributed by atoms with Gasteiger partial charge in [0.25, 0.3) is 10.1 Å². The summed E-state index contributed by atoms with van der Waals surface area (Å²) in [6.07, 6.45) is 0.422. The van der Waals surface area contributed by atoms with Crippen LogP contribution in [0.1, 0.15) is 56.0 Å². The number of benzene rings is 3. The molecule has 4 rings (SSSR count). The monoisotopic (exact) mass is 604 g/mol. The van der Waals surface area contributed by atoms with Crippen LogP contribution < -0.4 is 5.32 Å². The summed E-state index contributed by atoms with van der Waals surface area (Å²) in [7, 11) is -4.03. The lowest BCUT2D eigenvalue weighted by Crippen LogP contribution is -2.16. The van der Waals surface area contributed by atoms with Crippen molar-refractivity contribution in [3.05, 3.63) is 95.7 Å². The highest BCUT2D eigenvalue weighted by Gasteiger charge is 2.20. The minimum Gasteiger partial charge on any atom is -0.441 e. The van der Waals surface area contributed by atoms with Crippen LogP contribution >= 0.6 is 0 Å². The van der Waals surface area contributed by atoms with Gasteiger partial charge in [-0.15, -0.1) is 0 Å². The summed E-state index contributed by atoms with van der Waals surface area (Å²) in [4.78, 5) is 25.2. The van der Waals surface area contributed by atoms with Crippen LogP contribution in [-0.2, 0) is 26.1 Å². The van der Waals surface area contributed by atoms with Crippen molar-refractivity contribution in [3.63, 3.8) is 0 Å². The standard InChI is InChI=1S/C33H36N2O7S/c1-4-24(18-19-43(38,39)40)20-30(36)21-25-10-12-27(13-11-25)28-14-16-29(17-15-28)32-31(22(2)35-42-32)34-33(37)41-23(3)26-8-6-5-7-9-26/h5-17,23-24H,4,18-21H2,1-3H3,(H,34,37)(H,38,39,40). The second kappa shape index (κ2) is 14.3. The third-order valence-electron chi connectivity index (χ3n) is 7.36. The summed E-state index contributed by atoms with van der Waals surface area (Å²) in [5.41, 5.74) is 5.38. The predicted molar refractivity (Wildman–Crippen MR) is 165 cm³/mol. The average molecular weight is 605 g/mol. The van der Waals surface area contributed by atoms with Crippen LogP contribution in [0.4, 0.5) is 10.5 Å². The van der Waals surface area contributed by atoms with Crippen LogP contribution in [-0.4, -0.2) is 35.8 Å². The Morgan fingerprint density at radius 2 is 1.56 bits per heavy atom. The first-order chi connectivity index (χ1) is 20.5. The smallest absolute Gasteiger partial charge is 0.412 e. The SMILES string of the molecule is CCC(CCS(=O)(=O)O)CC(=O)Cc1ccc(-c2ccc(-c3onc(C)c3NC(=O)OC(C)c3ccccc3)cc2)cc1. The van der Waals surface area contributed by atoms with Crippen molar-refractivity contribution in [2.45, 2.75) is 52.6 Å². The molecular weight excluding hydrogens is 568 g/mol. The molecular formula is C33H36N2O7S. The lowest BCUT2D eigenvalue weighted by molar-refractivity contribution is -0.119. The van der Waals surface area contributed by atoms with E-state index in [0.29, 0.717) is 23.6 Å². The highest BCUT2D eigenvalue weighted by molar-refractivity contribution is 7.85. The highest BCUT2D eigenvalue weighted by atomic mass is 32.2. The van der Waals surface area contributed by atoms with E-state index in [9.17, 15) is 18.0 Å². The number of hydrogen-bond donors (Lipinski definition) is 2. The molecule has 0 radical (unpaired) electrons. The zero-order valence-corrected chi connectivity index (χ0v) is 25.3. The zero-order valence-electron chi connectivity index (χ0n) is 24.4. The second-order valence-corrected chi connectivity index (χ2v) is 12.2. The molecule has 4 aromatic rings. The molecule has 0 saturated carbocycles. The number of nitrogens with one attached hydrogen (secondary N) is 1. The number of nitrogens with zero attached hydrogens (tertiary/aromatic N) is 1. The van der Waals surface area contributed by atoms with Crippen LogP contribution in [0.5, 0.6) is 0 Å². The Kier molecular flexibility index (Phi) is 10.5. The number of anilines is 1. The molecule has 0 spiro atoms. The van der Waals surface area contributed by atoms with Crippen LogP contribution in [0.15, 0.2) is 83.4 Å². The van der Waals surface area contributed by atoms with Crippen molar-refractivity contribution in [2.75, 3.05) is 11.1 Å². The van der Waals surface area contributed by atoms with Crippen LogP contribution in [0.2, 0.25) is 0 Å². The molecule has 10 heteroatoms. The van der Waals surface area contributed by atoms with Crippen molar-refractivity contribution < 1.29 is 31.8 Å². The van der Waals surface area contributed by atoms with Gasteiger partial charge in [-0.3, -0.25) is 14.7 Å². The van der Waals surface area contributed by atoms with Crippen molar-refractivity contribution in [3.8, 4) is 22.5 Å². The topological polar surface area (TPSA) is 136 Å². The fraction of sp³-hybridized carbons (Fsp3) is 0.303. The van der Waals surface area contributed by atoms with Crippen molar-refractivity contribution >= 4 is 27.7 Å². The number of aromatic nitrogens is 1. The van der Waals surface area contributed by atoms with E-state index >= 15 is 0 Å². The molecule has 1 heterocycles. The molecule has 9 nitrogen and oxygen atoms in total. The number of carbonyl (C=O) groups is 2. The summed E-state index contributed by atoms with van der Waals surface area (Å²) in [5.74, 6) is 0.0361. The Hall–Kier alpha value is -4.28. The maximum absolute atomic E-state index is 12.6. The third-order valence-corrected chi connectivity index (χ3v) is 8.11. The van der Waals surface area contributed by atoms with Gasteiger partial charge in [-0.05, 0) is 48.4 Å². The van der Waals surface area contributed by atoms with Gasteiger partial charge in [0.05, 0.1) is 5.75 Å². The van der Waals surface area contributed by atoms with E-state index in [-0.39, 0.29) is 36.7 Å². The zero-order chi connectivity index (χ0) is 31.0. The number of aryl methyl sites for hydroxylation is 1. The summed E-state index contributed by atoms with van der Waals surface area (Å²) in [5, 5.41) is 6.80. The Labute approximate surface area is 252 Å². The Morgan fingerprint density at radius 3 is 2.16 bits per heavy atom. The molecule has 0 saturated heterocycles. The number of carbonyl (C=O) groups excluding carboxylic acids is 2. The Bertz CT molecular complexity index is 1630. The summed E-state index contributed by atoms with van der Waals surface area (Å²) in [6.45, 7) is 5.45. The predicted octanol–water partition coefficient (Wildman–Crippen LogP) is 7.43. The molecule has 0 aliphatic carbocycles. The van der Waals surface area contributed by atoms with Crippen molar-refractivity contribution in [1.29, 1.82) is 0 Å². The number of ketones is 1. The maximum Gasteiger partial charge on any atom is 0.412 e. The average Bonchev–Trinajstić information content (AvgIpc) is 3.35. The quantitative estimate of drug-likeness (QED) is 0.150. The van der Waals surface area contributed by atoms with Gasteiger partial charge < -0.3 is 9.26 Å². The lowest BCUT2D eigenvalue weighted by Gasteiger charge is -2.14. The molecule has 3 aromatic carbocycles. The van der Waals surface area contributed by atoms with Gasteiger partial charge in [0.1, 0.15) is 23.3 Å². The molecule has 0 aliphatic heterocycles. The molecule has 1 amide bonds. The number of Topliss-reactive ketones (excluding diaryl/α,β-unsaturated/α-hetero) is 1. The Morgan fingerprint density at radius 1 is 0.953 bits per heavy atom. The van der Waals surface area contributed by atoms with Crippen LogP contribution in [0.3, 0.4) is 0 Å². The summed E-state index contributed by atoms with van der Waals surface area (Å²) < 4.78 is 42.2. The molecule has 1 aromatic heterocycles. The fourth-order valence-corrected chi connectivity index (χ4v) is 5.45. The first-order valence-electron chi connectivity index (χ1n) is 14.2. The van der Waals surface area contributed by atoms with E-state index in [1.165, 1.54) is 0 Å². The number of ether oxygens (including phenoxy) is 1. The molecule has 0 aliphatic rings. The van der Waals surface area contributed by atoms with Gasteiger partial charge in [-0.2, -0.15) is 8.42 Å². The van der Waals surface area contributed by atoms with E-state index in [2.05, 4.69) is 10.5 Å². The van der Waals surface area contributed by atoms with Crippen LogP contribution in [0.25, 0.3) is 22.5 Å².